The minimum Gasteiger partial charge on any atom is -0.496 e. The lowest BCUT2D eigenvalue weighted by Crippen LogP contribution is -2.13. The Morgan fingerprint density at radius 3 is 2.55 bits per heavy atom. The van der Waals surface area contributed by atoms with E-state index < -0.39 is 0 Å². The third-order valence-electron chi connectivity index (χ3n) is 2.84. The van der Waals surface area contributed by atoms with Crippen LogP contribution in [-0.4, -0.2) is 13.0 Å². The molecule has 5 heteroatoms. The smallest absolute Gasteiger partial charge is 0.259 e. The zero-order valence-electron chi connectivity index (χ0n) is 11.0. The van der Waals surface area contributed by atoms with Gasteiger partial charge < -0.3 is 10.1 Å². The van der Waals surface area contributed by atoms with Crippen LogP contribution in [0.3, 0.4) is 0 Å². The standard InChI is InChI=1S/C15H13Br2NO2/c1-9-3-5-11(8-13(9)17)18-15(19)12-6-4-10(16)7-14(12)20-2/h3-8H,1-2H3,(H,18,19). The van der Waals surface area contributed by atoms with Crippen molar-refractivity contribution in [1.29, 1.82) is 0 Å². The second-order valence-electron chi connectivity index (χ2n) is 4.26. The molecule has 3 nitrogen and oxygen atoms in total. The quantitative estimate of drug-likeness (QED) is 0.807. The van der Waals surface area contributed by atoms with Crippen LogP contribution in [0.5, 0.6) is 5.75 Å². The van der Waals surface area contributed by atoms with Crippen LogP contribution in [0, 0.1) is 6.92 Å². The Bertz CT molecular complexity index is 656. The van der Waals surface area contributed by atoms with Crippen molar-refractivity contribution in [3.05, 3.63) is 56.5 Å². The normalized spacial score (nSPS) is 10.2. The lowest BCUT2D eigenvalue weighted by Gasteiger charge is -2.10. The second kappa shape index (κ2) is 6.41. The maximum atomic E-state index is 12.3. The lowest BCUT2D eigenvalue weighted by molar-refractivity contribution is 0.102. The molecule has 2 aromatic carbocycles. The Morgan fingerprint density at radius 1 is 1.15 bits per heavy atom. The van der Waals surface area contributed by atoms with Gasteiger partial charge in [-0.25, -0.2) is 0 Å². The first-order valence-corrected chi connectivity index (χ1v) is 7.51. The van der Waals surface area contributed by atoms with Gasteiger partial charge in [-0.3, -0.25) is 4.79 Å². The molecule has 0 atom stereocenters. The zero-order chi connectivity index (χ0) is 14.7. The number of nitrogens with one attached hydrogen (secondary N) is 1. The van der Waals surface area contributed by atoms with Crippen molar-refractivity contribution >= 4 is 43.5 Å². The highest BCUT2D eigenvalue weighted by Crippen LogP contribution is 2.25. The molecule has 0 aromatic heterocycles. The van der Waals surface area contributed by atoms with Gasteiger partial charge in [-0.15, -0.1) is 0 Å². The fourth-order valence-electron chi connectivity index (χ4n) is 1.72. The maximum Gasteiger partial charge on any atom is 0.259 e. The number of carbonyl (C=O) groups is 1. The van der Waals surface area contributed by atoms with Gasteiger partial charge in [0.2, 0.25) is 0 Å². The Morgan fingerprint density at radius 2 is 1.90 bits per heavy atom. The largest absolute Gasteiger partial charge is 0.496 e. The molecule has 0 radical (unpaired) electrons. The molecule has 0 fully saturated rings. The molecule has 1 N–H and O–H groups in total. The summed E-state index contributed by atoms with van der Waals surface area (Å²) in [6, 6.07) is 11.0. The van der Waals surface area contributed by atoms with Crippen molar-refractivity contribution in [2.45, 2.75) is 6.92 Å². The highest BCUT2D eigenvalue weighted by atomic mass is 79.9. The van der Waals surface area contributed by atoms with E-state index in [1.165, 1.54) is 0 Å². The fraction of sp³-hybridized carbons (Fsp3) is 0.133. The minimum absolute atomic E-state index is 0.204. The summed E-state index contributed by atoms with van der Waals surface area (Å²) < 4.78 is 7.05. The first kappa shape index (κ1) is 15.1. The number of ether oxygens (including phenoxy) is 1. The fourth-order valence-corrected chi connectivity index (χ4v) is 2.44. The third kappa shape index (κ3) is 3.41. The van der Waals surface area contributed by atoms with Gasteiger partial charge in [0.15, 0.2) is 0 Å². The number of hydrogen-bond donors (Lipinski definition) is 1. The topological polar surface area (TPSA) is 38.3 Å². The van der Waals surface area contributed by atoms with Gasteiger partial charge in [-0.1, -0.05) is 37.9 Å². The number of aryl methyl sites for hydroxylation is 1. The van der Waals surface area contributed by atoms with E-state index in [1.54, 1.807) is 19.2 Å². The SMILES string of the molecule is COc1cc(Br)ccc1C(=O)Nc1ccc(C)c(Br)c1. The number of anilines is 1. The van der Waals surface area contributed by atoms with Crippen molar-refractivity contribution in [3.63, 3.8) is 0 Å². The average molecular weight is 399 g/mol. The van der Waals surface area contributed by atoms with Gasteiger partial charge >= 0.3 is 0 Å². The van der Waals surface area contributed by atoms with E-state index in [2.05, 4.69) is 37.2 Å². The first-order chi connectivity index (χ1) is 9.51. The molecule has 104 valence electrons. The van der Waals surface area contributed by atoms with Crippen molar-refractivity contribution in [2.75, 3.05) is 12.4 Å². The molecule has 0 spiro atoms. The summed E-state index contributed by atoms with van der Waals surface area (Å²) in [6.45, 7) is 1.99. The number of hydrogen-bond acceptors (Lipinski definition) is 2. The molecule has 0 aliphatic rings. The Hall–Kier alpha value is -1.33. The monoisotopic (exact) mass is 397 g/mol. The lowest BCUT2D eigenvalue weighted by atomic mass is 10.1. The van der Waals surface area contributed by atoms with E-state index in [0.717, 1.165) is 20.2 Å². The van der Waals surface area contributed by atoms with E-state index in [9.17, 15) is 4.79 Å². The molecule has 0 saturated carbocycles. The van der Waals surface area contributed by atoms with Crippen LogP contribution in [0.2, 0.25) is 0 Å². The van der Waals surface area contributed by atoms with E-state index in [4.69, 9.17) is 4.74 Å². The summed E-state index contributed by atoms with van der Waals surface area (Å²) >= 11 is 6.80. The Labute approximate surface area is 134 Å². The van der Waals surface area contributed by atoms with Crippen LogP contribution in [0.1, 0.15) is 15.9 Å². The molecule has 2 rings (SSSR count). The molecule has 2 aromatic rings. The number of halogens is 2. The van der Waals surface area contributed by atoms with Crippen molar-refractivity contribution in [3.8, 4) is 5.75 Å². The second-order valence-corrected chi connectivity index (χ2v) is 6.03. The first-order valence-electron chi connectivity index (χ1n) is 5.92. The molecule has 0 aliphatic carbocycles. The van der Waals surface area contributed by atoms with Crippen molar-refractivity contribution in [2.24, 2.45) is 0 Å². The van der Waals surface area contributed by atoms with Crippen LogP contribution in [-0.2, 0) is 0 Å². The average Bonchev–Trinajstić information content (AvgIpc) is 2.42. The van der Waals surface area contributed by atoms with Gasteiger partial charge in [-0.05, 0) is 42.8 Å². The van der Waals surface area contributed by atoms with Gasteiger partial charge in [-0.2, -0.15) is 0 Å². The van der Waals surface area contributed by atoms with Crippen LogP contribution in [0.15, 0.2) is 45.3 Å². The summed E-state index contributed by atoms with van der Waals surface area (Å²) in [5.41, 5.74) is 2.34. The highest BCUT2D eigenvalue weighted by molar-refractivity contribution is 9.10. The molecular weight excluding hydrogens is 386 g/mol. The van der Waals surface area contributed by atoms with Gasteiger partial charge in [0, 0.05) is 14.6 Å². The van der Waals surface area contributed by atoms with Crippen LogP contribution < -0.4 is 10.1 Å². The molecule has 0 heterocycles. The third-order valence-corrected chi connectivity index (χ3v) is 4.19. The number of amides is 1. The predicted molar refractivity (Wildman–Crippen MR) is 87.5 cm³/mol. The van der Waals surface area contributed by atoms with Crippen LogP contribution in [0.25, 0.3) is 0 Å². The summed E-state index contributed by atoms with van der Waals surface area (Å²) in [5, 5.41) is 2.86. The molecule has 1 amide bonds. The molecule has 0 unspecified atom stereocenters. The van der Waals surface area contributed by atoms with Gasteiger partial charge in [0.05, 0.1) is 12.7 Å². The summed E-state index contributed by atoms with van der Waals surface area (Å²) in [7, 11) is 1.54. The molecular formula is C15H13Br2NO2. The van der Waals surface area contributed by atoms with Crippen LogP contribution in [0.4, 0.5) is 5.69 Å². The Balaban J connectivity index is 2.25. The molecule has 0 saturated heterocycles. The molecule has 20 heavy (non-hydrogen) atoms. The molecule has 0 bridgehead atoms. The van der Waals surface area contributed by atoms with E-state index in [-0.39, 0.29) is 5.91 Å². The minimum atomic E-state index is -0.204. The predicted octanol–water partition coefficient (Wildman–Crippen LogP) is 4.78. The summed E-state index contributed by atoms with van der Waals surface area (Å²) in [5.74, 6) is 0.327. The van der Waals surface area contributed by atoms with E-state index in [0.29, 0.717) is 11.3 Å². The van der Waals surface area contributed by atoms with E-state index >= 15 is 0 Å². The number of carbonyl (C=O) groups excluding carboxylic acids is 1. The van der Waals surface area contributed by atoms with Crippen molar-refractivity contribution in [1.82, 2.24) is 0 Å². The maximum absolute atomic E-state index is 12.3. The van der Waals surface area contributed by atoms with Crippen LogP contribution >= 0.6 is 31.9 Å². The summed E-state index contributed by atoms with van der Waals surface area (Å²) in [4.78, 5) is 12.3. The number of rotatable bonds is 3. The summed E-state index contributed by atoms with van der Waals surface area (Å²) in [6.07, 6.45) is 0. The zero-order valence-corrected chi connectivity index (χ0v) is 14.2. The van der Waals surface area contributed by atoms with E-state index in [1.807, 2.05) is 31.2 Å². The highest BCUT2D eigenvalue weighted by Gasteiger charge is 2.13. The van der Waals surface area contributed by atoms with Crippen molar-refractivity contribution < 1.29 is 9.53 Å². The Kier molecular flexibility index (Phi) is 4.83. The number of benzene rings is 2. The van der Waals surface area contributed by atoms with Gasteiger partial charge in [0.1, 0.15) is 5.75 Å². The van der Waals surface area contributed by atoms with Gasteiger partial charge in [0.25, 0.3) is 5.91 Å². The number of methoxy groups -OCH3 is 1. The molecule has 0 aliphatic heterocycles.